The molecule has 2 aromatic carbocycles. The second kappa shape index (κ2) is 8.34. The van der Waals surface area contributed by atoms with Crippen LogP contribution in [-0.4, -0.2) is 21.1 Å². The summed E-state index contributed by atoms with van der Waals surface area (Å²) in [6.45, 7) is 0. The van der Waals surface area contributed by atoms with Crippen LogP contribution < -0.4 is 5.48 Å². The molecule has 0 aliphatic rings. The third-order valence-electron chi connectivity index (χ3n) is 3.66. The van der Waals surface area contributed by atoms with Gasteiger partial charge >= 0.3 is 0 Å². The van der Waals surface area contributed by atoms with E-state index < -0.39 is 15.5 Å². The zero-order valence-corrected chi connectivity index (χ0v) is 14.9. The number of thiol groups is 1. The van der Waals surface area contributed by atoms with Crippen molar-refractivity contribution >= 4 is 23.9 Å². The van der Waals surface area contributed by atoms with Crippen LogP contribution in [0.1, 0.15) is 17.5 Å². The van der Waals surface area contributed by atoms with E-state index in [-0.39, 0.29) is 6.42 Å². The molecule has 0 heterocycles. The molecule has 4 nitrogen and oxygen atoms in total. The number of hydrogen-bond donors (Lipinski definition) is 3. The molecule has 0 aromatic heterocycles. The first-order valence-corrected chi connectivity index (χ1v) is 11.0. The van der Waals surface area contributed by atoms with E-state index in [2.05, 4.69) is 8.44 Å². The highest BCUT2D eigenvalue weighted by Gasteiger charge is 2.11. The quantitative estimate of drug-likeness (QED) is 0.311. The highest BCUT2D eigenvalue weighted by molar-refractivity contribution is 8.45. The van der Waals surface area contributed by atoms with E-state index in [1.807, 2.05) is 54.6 Å². The van der Waals surface area contributed by atoms with Gasteiger partial charge in [0.2, 0.25) is 5.91 Å². The van der Waals surface area contributed by atoms with Crippen LogP contribution in [0.4, 0.5) is 0 Å². The van der Waals surface area contributed by atoms with Crippen molar-refractivity contribution in [2.24, 2.45) is 0 Å². The molecule has 0 saturated heterocycles. The summed E-state index contributed by atoms with van der Waals surface area (Å²) in [6, 6.07) is 17.3. The van der Waals surface area contributed by atoms with Crippen molar-refractivity contribution < 1.29 is 14.2 Å². The molecule has 2 aromatic rings. The van der Waals surface area contributed by atoms with Crippen molar-refractivity contribution in [3.8, 4) is 0 Å². The molecule has 0 saturated carbocycles. The van der Waals surface area contributed by atoms with E-state index in [0.29, 0.717) is 5.75 Å². The Hall–Kier alpha value is -1.55. The average molecular weight is 351 g/mol. The summed E-state index contributed by atoms with van der Waals surface area (Å²) >= 11 is 0. The zero-order valence-electron chi connectivity index (χ0n) is 12.8. The van der Waals surface area contributed by atoms with Crippen LogP contribution in [0.2, 0.25) is 0 Å². The Bertz CT molecular complexity index is 689. The summed E-state index contributed by atoms with van der Waals surface area (Å²) in [5.41, 5.74) is 3.62. The predicted octanol–water partition coefficient (Wildman–Crippen LogP) is 2.53. The van der Waals surface area contributed by atoms with Crippen LogP contribution in [0.3, 0.4) is 0 Å². The highest BCUT2D eigenvalue weighted by Crippen LogP contribution is 2.27. The van der Waals surface area contributed by atoms with Gasteiger partial charge in [-0.25, -0.2) is 5.48 Å². The third kappa shape index (κ3) is 5.54. The molecule has 0 aliphatic heterocycles. The monoisotopic (exact) mass is 351 g/mol. The molecule has 6 heteroatoms. The van der Waals surface area contributed by atoms with Gasteiger partial charge in [-0.15, -0.1) is 0 Å². The number of carbonyl (C=O) groups excluding carboxylic acids is 1. The number of nitrogens with one attached hydrogen (secondary N) is 1. The Morgan fingerprint density at radius 3 is 2.26 bits per heavy atom. The molecule has 124 valence electrons. The van der Waals surface area contributed by atoms with Gasteiger partial charge < -0.3 is 0 Å². The fourth-order valence-corrected chi connectivity index (χ4v) is 5.00. The fourth-order valence-electron chi connectivity index (χ4n) is 2.38. The van der Waals surface area contributed by atoms with Gasteiger partial charge in [0, 0.05) is 10.6 Å². The maximum Gasteiger partial charge on any atom is 0.247 e. The normalized spacial score (nSPS) is 11.9. The number of carbonyl (C=O) groups is 1. The molecule has 0 spiro atoms. The molecular formula is C17H22NO3PS. The van der Waals surface area contributed by atoms with Gasteiger partial charge in [-0.1, -0.05) is 60.5 Å². The predicted molar refractivity (Wildman–Crippen MR) is 97.2 cm³/mol. The Morgan fingerprint density at radius 1 is 1.04 bits per heavy atom. The first-order chi connectivity index (χ1) is 11.0. The largest absolute Gasteiger partial charge is 0.289 e. The molecular weight excluding hydrogens is 329 g/mol. The first kappa shape index (κ1) is 17.8. The number of hydrogen-bond acceptors (Lipinski definition) is 3. The summed E-state index contributed by atoms with van der Waals surface area (Å²) in [6.07, 6.45) is 1.84. The van der Waals surface area contributed by atoms with Gasteiger partial charge in [0.05, 0.1) is 6.42 Å². The van der Waals surface area contributed by atoms with E-state index in [4.69, 9.17) is 5.21 Å². The second-order valence-electron chi connectivity index (χ2n) is 5.49. The number of aryl methyl sites for hydroxylation is 1. The molecule has 1 unspecified atom stereocenters. The molecule has 0 aliphatic carbocycles. The Kier molecular flexibility index (Phi) is 6.46. The Balaban J connectivity index is 1.87. The topological polar surface area (TPSA) is 66.4 Å². The van der Waals surface area contributed by atoms with E-state index in [1.54, 1.807) is 5.48 Å². The van der Waals surface area contributed by atoms with Crippen molar-refractivity contribution in [1.82, 2.24) is 5.48 Å². The van der Waals surface area contributed by atoms with Gasteiger partial charge in [-0.05, 0) is 36.1 Å². The number of rotatable bonds is 7. The van der Waals surface area contributed by atoms with E-state index in [9.17, 15) is 9.00 Å². The van der Waals surface area contributed by atoms with Gasteiger partial charge in [0.25, 0.3) is 0 Å². The van der Waals surface area contributed by atoms with Crippen molar-refractivity contribution in [3.05, 3.63) is 65.7 Å². The molecule has 1 atom stereocenters. The van der Waals surface area contributed by atoms with Crippen LogP contribution in [0.5, 0.6) is 0 Å². The summed E-state index contributed by atoms with van der Waals surface area (Å²) in [5.74, 6) is 0.223. The van der Waals surface area contributed by atoms with Crippen LogP contribution in [0, 0.1) is 0 Å². The van der Waals surface area contributed by atoms with Gasteiger partial charge in [0.15, 0.2) is 0 Å². The molecule has 0 bridgehead atoms. The standard InChI is InChI=1S/C17H22NO3PS/c19-17(18-20)13-15-10-8-14(9-11-15)5-4-12-23(21,22)16-6-2-1-3-7-16/h1-3,6-11,20,23H,4-5,12-13,22H2,(H,18,19). The second-order valence-corrected chi connectivity index (χ2v) is 10.5. The minimum Gasteiger partial charge on any atom is -0.289 e. The van der Waals surface area contributed by atoms with E-state index in [1.165, 1.54) is 0 Å². The zero-order chi connectivity index (χ0) is 16.7. The van der Waals surface area contributed by atoms with Crippen LogP contribution >= 0.6 is 8.44 Å². The summed E-state index contributed by atoms with van der Waals surface area (Å²) in [5, 5.41) is 8.51. The number of hydroxylamine groups is 1. The minimum atomic E-state index is -2.38. The summed E-state index contributed by atoms with van der Waals surface area (Å²) in [4.78, 5) is 12.0. The maximum absolute atomic E-state index is 12.7. The number of amides is 1. The van der Waals surface area contributed by atoms with Gasteiger partial charge in [-0.3, -0.25) is 14.2 Å². The molecule has 0 fully saturated rings. The van der Waals surface area contributed by atoms with Crippen molar-refractivity contribution in [2.75, 3.05) is 5.75 Å². The molecule has 1 amide bonds. The van der Waals surface area contributed by atoms with Crippen molar-refractivity contribution in [3.63, 3.8) is 0 Å². The highest BCUT2D eigenvalue weighted by atomic mass is 32.8. The lowest BCUT2D eigenvalue weighted by Crippen LogP contribution is -2.20. The number of benzene rings is 2. The SMILES string of the molecule is O=C(Cc1ccc(CCC[SH](=O)(P)c2ccccc2)cc1)NO. The molecule has 2 rings (SSSR count). The van der Waals surface area contributed by atoms with E-state index in [0.717, 1.165) is 28.9 Å². The lowest BCUT2D eigenvalue weighted by molar-refractivity contribution is -0.128. The Morgan fingerprint density at radius 2 is 1.65 bits per heavy atom. The average Bonchev–Trinajstić information content (AvgIpc) is 2.57. The van der Waals surface area contributed by atoms with E-state index >= 15 is 0 Å². The van der Waals surface area contributed by atoms with Crippen LogP contribution in [0.25, 0.3) is 0 Å². The maximum atomic E-state index is 12.7. The van der Waals surface area contributed by atoms with Crippen molar-refractivity contribution in [1.29, 1.82) is 0 Å². The lowest BCUT2D eigenvalue weighted by atomic mass is 10.1. The third-order valence-corrected chi connectivity index (χ3v) is 7.48. The summed E-state index contributed by atoms with van der Waals surface area (Å²) in [7, 11) is 0.157. The molecule has 2 N–H and O–H groups in total. The fraction of sp³-hybridized carbons (Fsp3) is 0.235. The van der Waals surface area contributed by atoms with Crippen LogP contribution in [0.15, 0.2) is 59.5 Å². The van der Waals surface area contributed by atoms with Gasteiger partial charge in [0.1, 0.15) is 0 Å². The lowest BCUT2D eigenvalue weighted by Gasteiger charge is -2.18. The minimum absolute atomic E-state index is 0.158. The van der Waals surface area contributed by atoms with Gasteiger partial charge in [-0.2, -0.15) is 0 Å². The summed E-state index contributed by atoms with van der Waals surface area (Å²) < 4.78 is 12.7. The molecule has 0 radical (unpaired) electrons. The van der Waals surface area contributed by atoms with Crippen molar-refractivity contribution in [2.45, 2.75) is 24.2 Å². The molecule has 23 heavy (non-hydrogen) atoms. The smallest absolute Gasteiger partial charge is 0.247 e. The van der Waals surface area contributed by atoms with Crippen LogP contribution in [-0.2, 0) is 27.2 Å². The first-order valence-electron chi connectivity index (χ1n) is 7.45. The Labute approximate surface area is 139 Å².